The average molecular weight is 303 g/mol. The SMILES string of the molecule is Cc1cccc(C(=O)OCC(=O)N[C@H](C)c2cccs2)c1. The van der Waals surface area contributed by atoms with Crippen molar-refractivity contribution < 1.29 is 14.3 Å². The van der Waals surface area contributed by atoms with E-state index in [9.17, 15) is 9.59 Å². The first-order chi connectivity index (χ1) is 10.1. The number of carbonyl (C=O) groups is 2. The van der Waals surface area contributed by atoms with E-state index in [2.05, 4.69) is 5.32 Å². The Balaban J connectivity index is 1.82. The highest BCUT2D eigenvalue weighted by Gasteiger charge is 2.13. The lowest BCUT2D eigenvalue weighted by Crippen LogP contribution is -2.30. The Bertz CT molecular complexity index is 622. The lowest BCUT2D eigenvalue weighted by Gasteiger charge is -2.12. The predicted octanol–water partition coefficient (Wildman–Crippen LogP) is 3.09. The van der Waals surface area contributed by atoms with Gasteiger partial charge in [-0.15, -0.1) is 11.3 Å². The highest BCUT2D eigenvalue weighted by Crippen LogP contribution is 2.17. The van der Waals surface area contributed by atoms with E-state index in [0.29, 0.717) is 5.56 Å². The summed E-state index contributed by atoms with van der Waals surface area (Å²) < 4.78 is 5.02. The normalized spacial score (nSPS) is 11.7. The third kappa shape index (κ3) is 4.43. The molecule has 1 aromatic heterocycles. The summed E-state index contributed by atoms with van der Waals surface area (Å²) in [5.41, 5.74) is 1.43. The molecule has 1 atom stereocenters. The number of thiophene rings is 1. The first-order valence-electron chi connectivity index (χ1n) is 6.63. The zero-order chi connectivity index (χ0) is 15.2. The fraction of sp³-hybridized carbons (Fsp3) is 0.250. The van der Waals surface area contributed by atoms with Crippen LogP contribution < -0.4 is 5.32 Å². The number of hydrogen-bond acceptors (Lipinski definition) is 4. The van der Waals surface area contributed by atoms with Crippen LogP contribution in [0.2, 0.25) is 0 Å². The maximum atomic E-state index is 11.8. The average Bonchev–Trinajstić information content (AvgIpc) is 2.99. The maximum absolute atomic E-state index is 11.8. The van der Waals surface area contributed by atoms with Gasteiger partial charge in [-0.05, 0) is 37.4 Å². The van der Waals surface area contributed by atoms with E-state index < -0.39 is 5.97 Å². The molecule has 0 aliphatic heterocycles. The van der Waals surface area contributed by atoms with E-state index in [1.165, 1.54) is 0 Å². The Kier molecular flexibility index (Phi) is 5.11. The molecule has 1 heterocycles. The van der Waals surface area contributed by atoms with Crippen molar-refractivity contribution in [2.24, 2.45) is 0 Å². The van der Waals surface area contributed by atoms with Gasteiger partial charge in [-0.3, -0.25) is 4.79 Å². The standard InChI is InChI=1S/C16H17NO3S/c1-11-5-3-6-13(9-11)16(19)20-10-15(18)17-12(2)14-7-4-8-21-14/h3-9,12H,10H2,1-2H3,(H,17,18)/t12-/m1/s1. The molecule has 4 nitrogen and oxygen atoms in total. The van der Waals surface area contributed by atoms with Gasteiger partial charge >= 0.3 is 5.97 Å². The van der Waals surface area contributed by atoms with Crippen molar-refractivity contribution in [2.45, 2.75) is 19.9 Å². The Morgan fingerprint density at radius 2 is 2.10 bits per heavy atom. The quantitative estimate of drug-likeness (QED) is 0.864. The number of nitrogens with one attached hydrogen (secondary N) is 1. The van der Waals surface area contributed by atoms with Crippen molar-refractivity contribution in [3.05, 3.63) is 57.8 Å². The number of rotatable bonds is 5. The molecule has 5 heteroatoms. The fourth-order valence-corrected chi connectivity index (χ4v) is 2.61. The van der Waals surface area contributed by atoms with E-state index in [1.54, 1.807) is 29.5 Å². The Labute approximate surface area is 127 Å². The number of hydrogen-bond donors (Lipinski definition) is 1. The van der Waals surface area contributed by atoms with Crippen molar-refractivity contribution in [1.82, 2.24) is 5.32 Å². The summed E-state index contributed by atoms with van der Waals surface area (Å²) in [5, 5.41) is 4.75. The fourth-order valence-electron chi connectivity index (χ4n) is 1.88. The Hall–Kier alpha value is -2.14. The van der Waals surface area contributed by atoms with E-state index in [1.807, 2.05) is 37.4 Å². The molecule has 1 aromatic carbocycles. The number of benzene rings is 1. The summed E-state index contributed by atoms with van der Waals surface area (Å²) >= 11 is 1.57. The van der Waals surface area contributed by atoms with Gasteiger partial charge in [-0.25, -0.2) is 4.79 Å². The highest BCUT2D eigenvalue weighted by molar-refractivity contribution is 7.10. The molecule has 1 amide bonds. The first-order valence-corrected chi connectivity index (χ1v) is 7.51. The largest absolute Gasteiger partial charge is 0.452 e. The van der Waals surface area contributed by atoms with Crippen molar-refractivity contribution >= 4 is 23.2 Å². The van der Waals surface area contributed by atoms with E-state index in [4.69, 9.17) is 4.74 Å². The molecule has 0 fully saturated rings. The van der Waals surface area contributed by atoms with Gasteiger partial charge in [0, 0.05) is 4.88 Å². The van der Waals surface area contributed by atoms with Gasteiger partial charge in [0.2, 0.25) is 0 Å². The van der Waals surface area contributed by atoms with Crippen molar-refractivity contribution in [3.63, 3.8) is 0 Å². The third-order valence-corrected chi connectivity index (χ3v) is 3.99. The van der Waals surface area contributed by atoms with Crippen LogP contribution in [0.4, 0.5) is 0 Å². The van der Waals surface area contributed by atoms with Crippen LogP contribution in [-0.2, 0) is 9.53 Å². The third-order valence-electron chi connectivity index (χ3n) is 2.94. The number of ether oxygens (including phenoxy) is 1. The minimum absolute atomic E-state index is 0.0878. The van der Waals surface area contributed by atoms with Crippen LogP contribution in [0.1, 0.15) is 33.8 Å². The van der Waals surface area contributed by atoms with Crippen LogP contribution in [0.25, 0.3) is 0 Å². The lowest BCUT2D eigenvalue weighted by atomic mass is 10.1. The van der Waals surface area contributed by atoms with Gasteiger partial charge in [0.05, 0.1) is 11.6 Å². The molecule has 21 heavy (non-hydrogen) atoms. The van der Waals surface area contributed by atoms with Crippen molar-refractivity contribution in [3.8, 4) is 0 Å². The Morgan fingerprint density at radius 1 is 1.29 bits per heavy atom. The van der Waals surface area contributed by atoms with E-state index in [0.717, 1.165) is 10.4 Å². The second kappa shape index (κ2) is 7.04. The van der Waals surface area contributed by atoms with Gasteiger partial charge in [0.1, 0.15) is 0 Å². The second-order valence-corrected chi connectivity index (χ2v) is 5.73. The summed E-state index contributed by atoms with van der Waals surface area (Å²) in [5.74, 6) is -0.797. The molecule has 0 spiro atoms. The van der Waals surface area contributed by atoms with Gasteiger partial charge in [0.15, 0.2) is 6.61 Å². The lowest BCUT2D eigenvalue weighted by molar-refractivity contribution is -0.124. The summed E-state index contributed by atoms with van der Waals surface area (Å²) in [6.07, 6.45) is 0. The van der Waals surface area contributed by atoms with Gasteiger partial charge in [-0.1, -0.05) is 23.8 Å². The van der Waals surface area contributed by atoms with Gasteiger partial charge < -0.3 is 10.1 Å². The number of carbonyl (C=O) groups excluding carboxylic acids is 2. The van der Waals surface area contributed by atoms with Crippen molar-refractivity contribution in [1.29, 1.82) is 0 Å². The van der Waals surface area contributed by atoms with Crippen LogP contribution >= 0.6 is 11.3 Å². The maximum Gasteiger partial charge on any atom is 0.338 e. The molecule has 2 aromatic rings. The molecule has 110 valence electrons. The number of esters is 1. The van der Waals surface area contributed by atoms with Crippen LogP contribution in [0.15, 0.2) is 41.8 Å². The summed E-state index contributed by atoms with van der Waals surface area (Å²) in [7, 11) is 0. The zero-order valence-electron chi connectivity index (χ0n) is 12.0. The summed E-state index contributed by atoms with van der Waals surface area (Å²) in [6.45, 7) is 3.51. The molecule has 0 saturated carbocycles. The van der Waals surface area contributed by atoms with Crippen LogP contribution in [0.5, 0.6) is 0 Å². The zero-order valence-corrected chi connectivity index (χ0v) is 12.8. The van der Waals surface area contributed by atoms with Crippen LogP contribution in [-0.4, -0.2) is 18.5 Å². The smallest absolute Gasteiger partial charge is 0.338 e. The molecule has 0 aliphatic rings. The van der Waals surface area contributed by atoms with Gasteiger partial charge in [-0.2, -0.15) is 0 Å². The Morgan fingerprint density at radius 3 is 2.76 bits per heavy atom. The first kappa shape index (κ1) is 15.3. The molecular weight excluding hydrogens is 286 g/mol. The molecular formula is C16H17NO3S. The van der Waals surface area contributed by atoms with E-state index in [-0.39, 0.29) is 18.6 Å². The van der Waals surface area contributed by atoms with Crippen LogP contribution in [0.3, 0.4) is 0 Å². The van der Waals surface area contributed by atoms with E-state index >= 15 is 0 Å². The molecule has 0 bridgehead atoms. The predicted molar refractivity (Wildman–Crippen MR) is 82.3 cm³/mol. The molecule has 1 N–H and O–H groups in total. The molecule has 0 saturated heterocycles. The number of aryl methyl sites for hydroxylation is 1. The summed E-state index contributed by atoms with van der Waals surface area (Å²) in [6, 6.07) is 10.9. The minimum Gasteiger partial charge on any atom is -0.452 e. The van der Waals surface area contributed by atoms with Crippen molar-refractivity contribution in [2.75, 3.05) is 6.61 Å². The second-order valence-electron chi connectivity index (χ2n) is 4.75. The molecule has 2 rings (SSSR count). The summed E-state index contributed by atoms with van der Waals surface area (Å²) in [4.78, 5) is 24.6. The van der Waals surface area contributed by atoms with Gasteiger partial charge in [0.25, 0.3) is 5.91 Å². The molecule has 0 unspecified atom stereocenters. The molecule has 0 radical (unpaired) electrons. The topological polar surface area (TPSA) is 55.4 Å². The monoisotopic (exact) mass is 303 g/mol. The molecule has 0 aliphatic carbocycles. The van der Waals surface area contributed by atoms with Crippen LogP contribution in [0, 0.1) is 6.92 Å². The highest BCUT2D eigenvalue weighted by atomic mass is 32.1. The number of amides is 1. The minimum atomic E-state index is -0.488.